The summed E-state index contributed by atoms with van der Waals surface area (Å²) in [6.07, 6.45) is 2.17. The summed E-state index contributed by atoms with van der Waals surface area (Å²) in [5, 5.41) is 13.8. The van der Waals surface area contributed by atoms with E-state index in [9.17, 15) is 4.79 Å². The number of benzene rings is 6. The smallest absolute Gasteiger partial charge is 0.337 e. The van der Waals surface area contributed by atoms with E-state index in [1.54, 1.807) is 6.07 Å². The zero-order valence-electron chi connectivity index (χ0n) is 33.3. The second-order valence-electron chi connectivity index (χ2n) is 14.4. The van der Waals surface area contributed by atoms with E-state index >= 15 is 0 Å². The van der Waals surface area contributed by atoms with Gasteiger partial charge in [0.05, 0.1) is 12.7 Å². The van der Waals surface area contributed by atoms with Crippen LogP contribution in [0.4, 0.5) is 0 Å². The molecule has 0 aliphatic carbocycles. The third-order valence-electron chi connectivity index (χ3n) is 10.6. The molecule has 0 saturated carbocycles. The average Bonchev–Trinajstić information content (AvgIpc) is 3.78. The number of esters is 1. The minimum atomic E-state index is -0.879. The SMILES string of the molecule is CCCc1nc(C)c(Cc2cccc(C(=O)OC)c2)c(OCc2ccc(-c3ccccc3-c3nnnn3C(c3ccccc3)(c3ccccc3)c3ccccc3)cc2)n1. The molecule has 0 spiro atoms. The molecule has 9 heteroatoms. The fraction of sp³-hybridized carbons (Fsp3) is 0.160. The van der Waals surface area contributed by atoms with Crippen molar-refractivity contribution in [1.82, 2.24) is 30.2 Å². The number of rotatable bonds is 14. The fourth-order valence-electron chi connectivity index (χ4n) is 7.76. The van der Waals surface area contributed by atoms with Crippen LogP contribution in [0.25, 0.3) is 22.5 Å². The van der Waals surface area contributed by atoms with Crippen molar-refractivity contribution in [2.24, 2.45) is 0 Å². The minimum absolute atomic E-state index is 0.311. The maximum absolute atomic E-state index is 12.3. The lowest BCUT2D eigenvalue weighted by atomic mass is 9.77. The van der Waals surface area contributed by atoms with Crippen LogP contribution in [-0.4, -0.2) is 43.3 Å². The highest BCUT2D eigenvalue weighted by atomic mass is 16.5. The maximum atomic E-state index is 12.3. The van der Waals surface area contributed by atoms with Crippen LogP contribution in [0, 0.1) is 6.92 Å². The number of hydrogen-bond donors (Lipinski definition) is 0. The summed E-state index contributed by atoms with van der Waals surface area (Å²) in [6.45, 7) is 4.41. The zero-order valence-corrected chi connectivity index (χ0v) is 33.3. The van der Waals surface area contributed by atoms with Crippen LogP contribution in [0.5, 0.6) is 5.88 Å². The first-order valence-corrected chi connectivity index (χ1v) is 19.8. The Hall–Kier alpha value is -7.26. The topological polar surface area (TPSA) is 105 Å². The van der Waals surface area contributed by atoms with Gasteiger partial charge in [0.25, 0.3) is 0 Å². The van der Waals surface area contributed by atoms with Crippen molar-refractivity contribution in [2.75, 3.05) is 7.11 Å². The number of aryl methyl sites for hydroxylation is 2. The van der Waals surface area contributed by atoms with E-state index in [0.29, 0.717) is 30.3 Å². The molecule has 0 amide bonds. The number of methoxy groups -OCH3 is 1. The molecule has 292 valence electrons. The Morgan fingerprint density at radius 3 is 1.90 bits per heavy atom. The molecule has 2 aromatic heterocycles. The summed E-state index contributed by atoms with van der Waals surface area (Å²) in [4.78, 5) is 21.9. The van der Waals surface area contributed by atoms with Gasteiger partial charge < -0.3 is 9.47 Å². The second kappa shape index (κ2) is 17.5. The van der Waals surface area contributed by atoms with E-state index in [2.05, 4.69) is 121 Å². The normalized spacial score (nSPS) is 11.3. The Bertz CT molecular complexity index is 2570. The second-order valence-corrected chi connectivity index (χ2v) is 14.4. The lowest BCUT2D eigenvalue weighted by Crippen LogP contribution is -2.39. The molecular weight excluding hydrogens is 733 g/mol. The first kappa shape index (κ1) is 38.6. The van der Waals surface area contributed by atoms with E-state index in [1.807, 2.05) is 60.1 Å². The highest BCUT2D eigenvalue weighted by Gasteiger charge is 2.42. The molecule has 6 aromatic carbocycles. The summed E-state index contributed by atoms with van der Waals surface area (Å²) in [7, 11) is 1.39. The van der Waals surface area contributed by atoms with Gasteiger partial charge in [0.2, 0.25) is 5.88 Å². The molecule has 0 N–H and O–H groups in total. The molecule has 0 bridgehead atoms. The average molecular weight is 777 g/mol. The van der Waals surface area contributed by atoms with Crippen LogP contribution in [0.15, 0.2) is 164 Å². The van der Waals surface area contributed by atoms with Gasteiger partial charge in [0.1, 0.15) is 18.0 Å². The van der Waals surface area contributed by atoms with E-state index in [1.165, 1.54) is 7.11 Å². The molecule has 0 atom stereocenters. The van der Waals surface area contributed by atoms with Crippen molar-refractivity contribution in [1.29, 1.82) is 0 Å². The maximum Gasteiger partial charge on any atom is 0.337 e. The summed E-state index contributed by atoms with van der Waals surface area (Å²) in [5.74, 6) is 1.55. The van der Waals surface area contributed by atoms with Crippen LogP contribution < -0.4 is 4.74 Å². The van der Waals surface area contributed by atoms with E-state index in [4.69, 9.17) is 29.8 Å². The predicted octanol–water partition coefficient (Wildman–Crippen LogP) is 9.85. The molecule has 8 rings (SSSR count). The minimum Gasteiger partial charge on any atom is -0.472 e. The molecular formula is C50H44N6O3. The number of hydrogen-bond acceptors (Lipinski definition) is 8. The van der Waals surface area contributed by atoms with Gasteiger partial charge in [-0.1, -0.05) is 159 Å². The number of tetrazole rings is 1. The molecule has 59 heavy (non-hydrogen) atoms. The number of carbonyl (C=O) groups excluding carboxylic acids is 1. The number of carbonyl (C=O) groups is 1. The van der Waals surface area contributed by atoms with Crippen LogP contribution in [-0.2, 0) is 29.7 Å². The number of ether oxygens (including phenoxy) is 2. The first-order valence-electron chi connectivity index (χ1n) is 19.8. The molecule has 8 aromatic rings. The van der Waals surface area contributed by atoms with Crippen molar-refractivity contribution >= 4 is 5.97 Å². The molecule has 0 fully saturated rings. The monoisotopic (exact) mass is 776 g/mol. The van der Waals surface area contributed by atoms with Gasteiger partial charge in [-0.05, 0) is 74.8 Å². The number of nitrogens with zero attached hydrogens (tertiary/aromatic N) is 6. The zero-order chi connectivity index (χ0) is 40.6. The van der Waals surface area contributed by atoms with Gasteiger partial charge in [-0.3, -0.25) is 0 Å². The largest absolute Gasteiger partial charge is 0.472 e. The Morgan fingerprint density at radius 2 is 1.29 bits per heavy atom. The van der Waals surface area contributed by atoms with Gasteiger partial charge in [0, 0.05) is 29.7 Å². The van der Waals surface area contributed by atoms with Gasteiger partial charge in [-0.25, -0.2) is 14.5 Å². The highest BCUT2D eigenvalue weighted by molar-refractivity contribution is 5.89. The van der Waals surface area contributed by atoms with Crippen molar-refractivity contribution in [3.63, 3.8) is 0 Å². The van der Waals surface area contributed by atoms with Crippen LogP contribution in [0.3, 0.4) is 0 Å². The van der Waals surface area contributed by atoms with Crippen LogP contribution in [0.2, 0.25) is 0 Å². The van der Waals surface area contributed by atoms with Gasteiger partial charge in [0.15, 0.2) is 5.82 Å². The highest BCUT2D eigenvalue weighted by Crippen LogP contribution is 2.43. The molecule has 2 heterocycles. The van der Waals surface area contributed by atoms with E-state index in [-0.39, 0.29) is 5.97 Å². The number of aromatic nitrogens is 6. The third kappa shape index (κ3) is 7.87. The molecule has 0 saturated heterocycles. The van der Waals surface area contributed by atoms with Crippen molar-refractivity contribution in [3.8, 4) is 28.4 Å². The van der Waals surface area contributed by atoms with Gasteiger partial charge in [-0.15, -0.1) is 5.10 Å². The molecule has 0 radical (unpaired) electrons. The van der Waals surface area contributed by atoms with Gasteiger partial charge >= 0.3 is 5.97 Å². The molecule has 0 aliphatic heterocycles. The molecule has 0 unspecified atom stereocenters. The molecule has 9 nitrogen and oxygen atoms in total. The lowest BCUT2D eigenvalue weighted by molar-refractivity contribution is 0.0600. The van der Waals surface area contributed by atoms with Crippen molar-refractivity contribution in [2.45, 2.75) is 45.3 Å². The standard InChI is InChI=1S/C50H44N6O3/c1-4-17-46-51-35(2)45(33-37-18-16-19-39(32-37)49(57)58-3)48(52-46)59-34-36-28-30-38(31-29-36)43-26-14-15-27-44(43)47-53-54-55-56(47)50(40-20-8-5-9-21-40,41-22-10-6-11-23-41)42-24-12-7-13-25-42/h5-16,18-32H,4,17,33-34H2,1-3H3. The van der Waals surface area contributed by atoms with Crippen LogP contribution in [0.1, 0.15) is 68.6 Å². The van der Waals surface area contributed by atoms with Crippen LogP contribution >= 0.6 is 0 Å². The summed E-state index contributed by atoms with van der Waals surface area (Å²) >= 11 is 0. The summed E-state index contributed by atoms with van der Waals surface area (Å²) < 4.78 is 13.4. The Balaban J connectivity index is 1.13. The Labute approximate surface area is 344 Å². The first-order chi connectivity index (χ1) is 29.0. The van der Waals surface area contributed by atoms with E-state index < -0.39 is 5.54 Å². The Kier molecular flexibility index (Phi) is 11.4. The predicted molar refractivity (Wildman–Crippen MR) is 229 cm³/mol. The third-order valence-corrected chi connectivity index (χ3v) is 10.6. The quantitative estimate of drug-likeness (QED) is 0.0794. The fourth-order valence-corrected chi connectivity index (χ4v) is 7.76. The van der Waals surface area contributed by atoms with Crippen molar-refractivity contribution < 1.29 is 14.3 Å². The summed E-state index contributed by atoms with van der Waals surface area (Å²) in [6, 6.07) is 55.3. The van der Waals surface area contributed by atoms with E-state index in [0.717, 1.165) is 74.4 Å². The van der Waals surface area contributed by atoms with Crippen molar-refractivity contribution in [3.05, 3.63) is 214 Å². The Morgan fingerprint density at radius 1 is 0.678 bits per heavy atom. The lowest BCUT2D eigenvalue weighted by Gasteiger charge is -2.36. The van der Waals surface area contributed by atoms with Gasteiger partial charge in [-0.2, -0.15) is 4.98 Å². The molecule has 0 aliphatic rings. The summed E-state index contributed by atoms with van der Waals surface area (Å²) in [5.41, 5.74) is 9.28.